The fourth-order valence-corrected chi connectivity index (χ4v) is 8.28. The molecule has 3 heterocycles. The lowest BCUT2D eigenvalue weighted by molar-refractivity contribution is 0.669. The summed E-state index contributed by atoms with van der Waals surface area (Å²) in [5.41, 5.74) is 12.9. The maximum absolute atomic E-state index is 6.60. The Morgan fingerprint density at radius 3 is 1.90 bits per heavy atom. The molecule has 0 fully saturated rings. The van der Waals surface area contributed by atoms with Crippen molar-refractivity contribution in [3.63, 3.8) is 0 Å². The summed E-state index contributed by atoms with van der Waals surface area (Å²) in [5, 5.41) is 8.12. The van der Waals surface area contributed by atoms with Crippen molar-refractivity contribution in [2.75, 3.05) is 0 Å². The topological polar surface area (TPSA) is 31.0 Å². The number of hydrogen-bond donors (Lipinski definition) is 0. The first-order chi connectivity index (χ1) is 25.8. The molecular weight excluding hydrogens is 633 g/mol. The van der Waals surface area contributed by atoms with Crippen molar-refractivity contribution in [3.8, 4) is 39.2 Å². The fourth-order valence-electron chi connectivity index (χ4n) is 8.28. The van der Waals surface area contributed by atoms with E-state index >= 15 is 0 Å². The van der Waals surface area contributed by atoms with Crippen molar-refractivity contribution in [2.24, 2.45) is 0 Å². The second kappa shape index (κ2) is 11.3. The Kier molecular flexibility index (Phi) is 6.25. The zero-order valence-corrected chi connectivity index (χ0v) is 28.1. The molecule has 3 nitrogen and oxygen atoms in total. The number of aromatic nitrogens is 2. The highest BCUT2D eigenvalue weighted by molar-refractivity contribution is 6.27. The molecule has 3 heteroatoms. The molecule has 52 heavy (non-hydrogen) atoms. The predicted molar refractivity (Wildman–Crippen MR) is 217 cm³/mol. The lowest BCUT2D eigenvalue weighted by Crippen LogP contribution is -1.94. The molecule has 0 amide bonds. The summed E-state index contributed by atoms with van der Waals surface area (Å²) in [6.45, 7) is 0. The van der Waals surface area contributed by atoms with Crippen molar-refractivity contribution in [2.45, 2.75) is 0 Å². The summed E-state index contributed by atoms with van der Waals surface area (Å²) in [6.07, 6.45) is 0. The molecule has 8 aromatic carbocycles. The van der Waals surface area contributed by atoms with E-state index in [2.05, 4.69) is 180 Å². The van der Waals surface area contributed by atoms with Gasteiger partial charge in [-0.1, -0.05) is 133 Å². The fraction of sp³-hybridized carbons (Fsp3) is 0. The Morgan fingerprint density at radius 2 is 1.04 bits per heavy atom. The zero-order chi connectivity index (χ0) is 34.2. The third-order valence-corrected chi connectivity index (χ3v) is 10.5. The number of benzene rings is 8. The van der Waals surface area contributed by atoms with Crippen molar-refractivity contribution in [1.82, 2.24) is 9.55 Å². The number of para-hydroxylation sites is 4. The minimum atomic E-state index is 0.862. The Labute approximate surface area is 299 Å². The zero-order valence-electron chi connectivity index (χ0n) is 28.1. The van der Waals surface area contributed by atoms with Crippen molar-refractivity contribution < 1.29 is 4.42 Å². The van der Waals surface area contributed by atoms with Crippen LogP contribution in [0, 0.1) is 0 Å². The van der Waals surface area contributed by atoms with Crippen LogP contribution in [0.25, 0.3) is 105 Å². The van der Waals surface area contributed by atoms with Crippen LogP contribution < -0.4 is 0 Å². The first-order valence-corrected chi connectivity index (χ1v) is 17.7. The summed E-state index contributed by atoms with van der Waals surface area (Å²) in [5.74, 6) is 0. The summed E-state index contributed by atoms with van der Waals surface area (Å²) in [7, 11) is 0. The van der Waals surface area contributed by atoms with Crippen LogP contribution in [0.5, 0.6) is 0 Å². The summed E-state index contributed by atoms with van der Waals surface area (Å²) >= 11 is 0. The van der Waals surface area contributed by atoms with Crippen LogP contribution in [0.4, 0.5) is 0 Å². The van der Waals surface area contributed by atoms with Gasteiger partial charge < -0.3 is 8.98 Å². The highest BCUT2D eigenvalue weighted by atomic mass is 16.3. The minimum Gasteiger partial charge on any atom is -0.456 e. The Morgan fingerprint density at radius 1 is 0.385 bits per heavy atom. The minimum absolute atomic E-state index is 0.862. The van der Waals surface area contributed by atoms with Gasteiger partial charge in [-0.25, -0.2) is 4.98 Å². The number of pyridine rings is 1. The molecule has 0 saturated carbocycles. The average Bonchev–Trinajstić information content (AvgIpc) is 3.75. The molecule has 0 bridgehead atoms. The average molecular weight is 663 g/mol. The molecule has 242 valence electrons. The maximum Gasteiger partial charge on any atom is 0.136 e. The van der Waals surface area contributed by atoms with E-state index < -0.39 is 0 Å². The van der Waals surface area contributed by atoms with E-state index in [9.17, 15) is 0 Å². The van der Waals surface area contributed by atoms with E-state index in [1.54, 1.807) is 0 Å². The second-order valence-electron chi connectivity index (χ2n) is 13.5. The molecule has 0 aliphatic carbocycles. The number of nitrogens with zero attached hydrogens (tertiary/aromatic N) is 2. The summed E-state index contributed by atoms with van der Waals surface area (Å²) in [6, 6.07) is 64.8. The van der Waals surface area contributed by atoms with E-state index in [0.29, 0.717) is 0 Å². The smallest absolute Gasteiger partial charge is 0.136 e. The standard InChI is InChI=1S/C49H30N2O/c1-3-14-31(15-4-1)46-47-38-21-7-10-23-41(38)50-49(40(47)30-45-48(46)39-22-9-12-25-44(39)52-45)34-17-13-16-32(28-34)33-26-27-37-36-20-8-11-24-42(36)51(43(37)29-33)35-18-5-2-6-19-35/h1-30H. The van der Waals surface area contributed by atoms with Gasteiger partial charge in [0.05, 0.1) is 22.2 Å². The van der Waals surface area contributed by atoms with Crippen LogP contribution in [0.1, 0.15) is 0 Å². The summed E-state index contributed by atoms with van der Waals surface area (Å²) < 4.78 is 8.98. The van der Waals surface area contributed by atoms with Gasteiger partial charge in [-0.05, 0) is 65.2 Å². The molecule has 0 unspecified atom stereocenters. The van der Waals surface area contributed by atoms with E-state index in [1.807, 2.05) is 6.07 Å². The Balaban J connectivity index is 1.18. The molecule has 3 aromatic heterocycles. The van der Waals surface area contributed by atoms with E-state index in [1.165, 1.54) is 32.8 Å². The highest BCUT2D eigenvalue weighted by Gasteiger charge is 2.22. The van der Waals surface area contributed by atoms with Gasteiger partial charge in [-0.2, -0.15) is 0 Å². The highest BCUT2D eigenvalue weighted by Crippen LogP contribution is 2.46. The normalized spacial score (nSPS) is 11.8. The van der Waals surface area contributed by atoms with Gasteiger partial charge >= 0.3 is 0 Å². The van der Waals surface area contributed by atoms with E-state index in [-0.39, 0.29) is 0 Å². The molecule has 0 aliphatic heterocycles. The van der Waals surface area contributed by atoms with Gasteiger partial charge in [0.15, 0.2) is 0 Å². The quantitative estimate of drug-likeness (QED) is 0.176. The van der Waals surface area contributed by atoms with E-state index in [0.717, 1.165) is 71.9 Å². The van der Waals surface area contributed by atoms with Crippen LogP contribution in [0.2, 0.25) is 0 Å². The Hall–Kier alpha value is -6.97. The van der Waals surface area contributed by atoms with Crippen LogP contribution in [-0.2, 0) is 0 Å². The first-order valence-electron chi connectivity index (χ1n) is 17.7. The molecule has 0 spiro atoms. The SMILES string of the molecule is c1ccc(-c2c3c(cc4c(-c5cccc(-c6ccc7c8ccccc8n(-c8ccccc8)c7c6)c5)nc5ccccc5c24)oc2ccccc23)cc1. The van der Waals surface area contributed by atoms with Gasteiger partial charge in [-0.3, -0.25) is 0 Å². The molecular formula is C49H30N2O. The number of furan rings is 1. The van der Waals surface area contributed by atoms with Crippen LogP contribution in [-0.4, -0.2) is 9.55 Å². The lowest BCUT2D eigenvalue weighted by Gasteiger charge is -2.16. The lowest BCUT2D eigenvalue weighted by atomic mass is 9.89. The van der Waals surface area contributed by atoms with Crippen molar-refractivity contribution in [3.05, 3.63) is 182 Å². The number of fused-ring (bicyclic) bond motifs is 9. The number of hydrogen-bond acceptors (Lipinski definition) is 2. The largest absolute Gasteiger partial charge is 0.456 e. The molecule has 0 radical (unpaired) electrons. The van der Waals surface area contributed by atoms with Crippen LogP contribution in [0.3, 0.4) is 0 Å². The van der Waals surface area contributed by atoms with Crippen LogP contribution >= 0.6 is 0 Å². The molecule has 0 saturated heterocycles. The summed E-state index contributed by atoms with van der Waals surface area (Å²) in [4.78, 5) is 5.39. The first kappa shape index (κ1) is 28.8. The molecule has 0 aliphatic rings. The molecule has 0 atom stereocenters. The van der Waals surface area contributed by atoms with E-state index in [4.69, 9.17) is 9.40 Å². The predicted octanol–water partition coefficient (Wildman–Crippen LogP) is 13.4. The van der Waals surface area contributed by atoms with Gasteiger partial charge in [0, 0.05) is 54.5 Å². The van der Waals surface area contributed by atoms with Crippen molar-refractivity contribution >= 4 is 65.4 Å². The molecule has 0 N–H and O–H groups in total. The van der Waals surface area contributed by atoms with Gasteiger partial charge in [0.2, 0.25) is 0 Å². The second-order valence-corrected chi connectivity index (χ2v) is 13.5. The number of rotatable bonds is 4. The maximum atomic E-state index is 6.60. The third-order valence-electron chi connectivity index (χ3n) is 10.5. The monoisotopic (exact) mass is 662 g/mol. The molecule has 11 aromatic rings. The van der Waals surface area contributed by atoms with Crippen molar-refractivity contribution in [1.29, 1.82) is 0 Å². The van der Waals surface area contributed by atoms with Gasteiger partial charge in [-0.15, -0.1) is 0 Å². The van der Waals surface area contributed by atoms with Gasteiger partial charge in [0.1, 0.15) is 11.2 Å². The Bertz CT molecular complexity index is 3170. The third kappa shape index (κ3) is 4.30. The van der Waals surface area contributed by atoms with Gasteiger partial charge in [0.25, 0.3) is 0 Å². The van der Waals surface area contributed by atoms with Crippen LogP contribution in [0.15, 0.2) is 186 Å². The molecule has 11 rings (SSSR count).